The maximum absolute atomic E-state index is 12.7. The molecule has 0 aliphatic rings. The minimum absolute atomic E-state index is 0.0180. The standard InChI is InChI=1S/C21H27N5O2/c1-6-26(7-2)21(27)15-8-9-17-16(11-15)12-18(23-20(17)28-13(3)4)22-19-10-14(5)24-25-19/h8-13H,6-7H2,1-5H3,(H2,22,23,24,25). The van der Waals surface area contributed by atoms with Crippen molar-refractivity contribution in [2.45, 2.75) is 40.7 Å². The van der Waals surface area contributed by atoms with Gasteiger partial charge in [0, 0.05) is 35.8 Å². The number of fused-ring (bicyclic) bond motifs is 1. The van der Waals surface area contributed by atoms with E-state index in [1.54, 1.807) is 4.90 Å². The second-order valence-electron chi connectivity index (χ2n) is 6.95. The number of anilines is 2. The molecule has 0 radical (unpaired) electrons. The minimum atomic E-state index is -0.0180. The molecule has 7 heteroatoms. The van der Waals surface area contributed by atoms with Crippen molar-refractivity contribution in [2.24, 2.45) is 0 Å². The number of amides is 1. The summed E-state index contributed by atoms with van der Waals surface area (Å²) in [5.41, 5.74) is 1.61. The summed E-state index contributed by atoms with van der Waals surface area (Å²) in [6, 6.07) is 9.44. The van der Waals surface area contributed by atoms with E-state index in [4.69, 9.17) is 4.74 Å². The third-order valence-corrected chi connectivity index (χ3v) is 4.40. The number of aryl methyl sites for hydroxylation is 1. The number of nitrogens with one attached hydrogen (secondary N) is 2. The zero-order valence-corrected chi connectivity index (χ0v) is 17.0. The lowest BCUT2D eigenvalue weighted by atomic mass is 10.1. The highest BCUT2D eigenvalue weighted by molar-refractivity contribution is 6.00. The maximum atomic E-state index is 12.7. The monoisotopic (exact) mass is 381 g/mol. The van der Waals surface area contributed by atoms with Gasteiger partial charge >= 0.3 is 0 Å². The molecule has 0 atom stereocenters. The van der Waals surface area contributed by atoms with Crippen molar-refractivity contribution in [1.82, 2.24) is 20.1 Å². The first-order chi connectivity index (χ1) is 13.4. The van der Waals surface area contributed by atoms with E-state index in [1.807, 2.05) is 65.0 Å². The first kappa shape index (κ1) is 19.7. The molecule has 3 aromatic rings. The summed E-state index contributed by atoms with van der Waals surface area (Å²) in [5, 5.41) is 12.0. The third-order valence-electron chi connectivity index (χ3n) is 4.40. The minimum Gasteiger partial charge on any atom is -0.474 e. The lowest BCUT2D eigenvalue weighted by Gasteiger charge is -2.19. The van der Waals surface area contributed by atoms with E-state index < -0.39 is 0 Å². The Kier molecular flexibility index (Phi) is 5.82. The Balaban J connectivity index is 2.05. The van der Waals surface area contributed by atoms with Crippen molar-refractivity contribution in [3.05, 3.63) is 41.6 Å². The molecular formula is C21H27N5O2. The van der Waals surface area contributed by atoms with Crippen LogP contribution in [0.1, 0.15) is 43.7 Å². The maximum Gasteiger partial charge on any atom is 0.253 e. The lowest BCUT2D eigenvalue weighted by Crippen LogP contribution is -2.30. The Labute approximate surface area is 165 Å². The van der Waals surface area contributed by atoms with Crippen LogP contribution in [0.2, 0.25) is 0 Å². The number of H-pyrrole nitrogens is 1. The van der Waals surface area contributed by atoms with Gasteiger partial charge in [-0.25, -0.2) is 0 Å². The summed E-state index contributed by atoms with van der Waals surface area (Å²) < 4.78 is 5.93. The van der Waals surface area contributed by atoms with Gasteiger partial charge in [0.1, 0.15) is 5.82 Å². The molecule has 7 nitrogen and oxygen atoms in total. The van der Waals surface area contributed by atoms with Gasteiger partial charge in [-0.05, 0) is 64.3 Å². The molecule has 0 saturated heterocycles. The Morgan fingerprint density at radius 1 is 1.18 bits per heavy atom. The third kappa shape index (κ3) is 4.24. The number of nitrogens with zero attached hydrogens (tertiary/aromatic N) is 3. The van der Waals surface area contributed by atoms with Gasteiger partial charge in [0.05, 0.1) is 6.10 Å². The second-order valence-corrected chi connectivity index (χ2v) is 6.95. The van der Waals surface area contributed by atoms with Crippen molar-refractivity contribution < 1.29 is 9.53 Å². The van der Waals surface area contributed by atoms with Gasteiger partial charge in [0.2, 0.25) is 5.88 Å². The van der Waals surface area contributed by atoms with E-state index in [2.05, 4.69) is 20.5 Å². The fraction of sp³-hybridized carbons (Fsp3) is 0.381. The first-order valence-corrected chi connectivity index (χ1v) is 9.61. The highest BCUT2D eigenvalue weighted by atomic mass is 16.5. The average molecular weight is 381 g/mol. The van der Waals surface area contributed by atoms with E-state index in [9.17, 15) is 4.79 Å². The predicted molar refractivity (Wildman–Crippen MR) is 111 cm³/mol. The van der Waals surface area contributed by atoms with Gasteiger partial charge in [-0.2, -0.15) is 10.1 Å². The smallest absolute Gasteiger partial charge is 0.253 e. The number of aromatic amines is 1. The topological polar surface area (TPSA) is 83.1 Å². The summed E-state index contributed by atoms with van der Waals surface area (Å²) in [7, 11) is 0. The van der Waals surface area contributed by atoms with Crippen molar-refractivity contribution in [3.63, 3.8) is 0 Å². The molecule has 2 heterocycles. The summed E-state index contributed by atoms with van der Waals surface area (Å²) in [6.45, 7) is 11.2. The van der Waals surface area contributed by atoms with E-state index in [0.29, 0.717) is 36.2 Å². The van der Waals surface area contributed by atoms with Crippen LogP contribution in [-0.4, -0.2) is 45.2 Å². The number of hydrogen-bond acceptors (Lipinski definition) is 5. The van der Waals surface area contributed by atoms with Crippen LogP contribution in [-0.2, 0) is 0 Å². The number of aromatic nitrogens is 3. The van der Waals surface area contributed by atoms with Gasteiger partial charge in [-0.15, -0.1) is 0 Å². The van der Waals surface area contributed by atoms with E-state index >= 15 is 0 Å². The Bertz CT molecular complexity index is 976. The second kappa shape index (κ2) is 8.29. The van der Waals surface area contributed by atoms with E-state index in [0.717, 1.165) is 16.5 Å². The molecular weight excluding hydrogens is 354 g/mol. The van der Waals surface area contributed by atoms with Crippen LogP contribution in [0.5, 0.6) is 5.88 Å². The molecule has 0 saturated carbocycles. The molecule has 2 aromatic heterocycles. The van der Waals surface area contributed by atoms with Gasteiger partial charge in [0.25, 0.3) is 5.91 Å². The van der Waals surface area contributed by atoms with Gasteiger partial charge in [-0.3, -0.25) is 9.89 Å². The molecule has 1 amide bonds. The quantitative estimate of drug-likeness (QED) is 0.638. The lowest BCUT2D eigenvalue weighted by molar-refractivity contribution is 0.0773. The van der Waals surface area contributed by atoms with Crippen molar-refractivity contribution in [1.29, 1.82) is 0 Å². The zero-order valence-electron chi connectivity index (χ0n) is 17.0. The van der Waals surface area contributed by atoms with Crippen LogP contribution in [0.25, 0.3) is 10.8 Å². The number of carbonyl (C=O) groups excluding carboxylic acids is 1. The summed E-state index contributed by atoms with van der Waals surface area (Å²) in [5.74, 6) is 1.84. The van der Waals surface area contributed by atoms with Gasteiger partial charge < -0.3 is 15.0 Å². The molecule has 0 aliphatic carbocycles. The van der Waals surface area contributed by atoms with Crippen LogP contribution < -0.4 is 10.1 Å². The summed E-state index contributed by atoms with van der Waals surface area (Å²) >= 11 is 0. The normalized spacial score (nSPS) is 11.1. The summed E-state index contributed by atoms with van der Waals surface area (Å²) in [4.78, 5) is 19.2. The fourth-order valence-corrected chi connectivity index (χ4v) is 3.04. The Morgan fingerprint density at radius 2 is 1.93 bits per heavy atom. The molecule has 2 N–H and O–H groups in total. The largest absolute Gasteiger partial charge is 0.474 e. The number of pyridine rings is 1. The van der Waals surface area contributed by atoms with Gasteiger partial charge in [0.15, 0.2) is 5.82 Å². The van der Waals surface area contributed by atoms with Crippen LogP contribution in [0.4, 0.5) is 11.6 Å². The van der Waals surface area contributed by atoms with Crippen LogP contribution in [0.15, 0.2) is 30.3 Å². The molecule has 3 rings (SSSR count). The van der Waals surface area contributed by atoms with Crippen molar-refractivity contribution in [2.75, 3.05) is 18.4 Å². The Morgan fingerprint density at radius 3 is 2.54 bits per heavy atom. The van der Waals surface area contributed by atoms with Crippen LogP contribution >= 0.6 is 0 Å². The van der Waals surface area contributed by atoms with Crippen molar-refractivity contribution in [3.8, 4) is 5.88 Å². The van der Waals surface area contributed by atoms with Crippen molar-refractivity contribution >= 4 is 28.3 Å². The molecule has 1 aromatic carbocycles. The molecule has 0 spiro atoms. The first-order valence-electron chi connectivity index (χ1n) is 9.61. The van der Waals surface area contributed by atoms with Crippen LogP contribution in [0.3, 0.4) is 0 Å². The molecule has 0 bridgehead atoms. The number of rotatable bonds is 7. The number of hydrogen-bond donors (Lipinski definition) is 2. The zero-order chi connectivity index (χ0) is 20.3. The SMILES string of the molecule is CCN(CC)C(=O)c1ccc2c(OC(C)C)nc(Nc3cc(C)[nH]n3)cc2c1. The highest BCUT2D eigenvalue weighted by Crippen LogP contribution is 2.30. The number of carbonyl (C=O) groups is 1. The molecule has 148 valence electrons. The van der Waals surface area contributed by atoms with E-state index in [1.165, 1.54) is 0 Å². The fourth-order valence-electron chi connectivity index (χ4n) is 3.04. The average Bonchev–Trinajstić information content (AvgIpc) is 3.06. The number of benzene rings is 1. The number of ether oxygens (including phenoxy) is 1. The Hall–Kier alpha value is -3.09. The summed E-state index contributed by atoms with van der Waals surface area (Å²) in [6.07, 6.45) is -0.0180. The molecule has 0 unspecified atom stereocenters. The molecule has 28 heavy (non-hydrogen) atoms. The molecule has 0 fully saturated rings. The highest BCUT2D eigenvalue weighted by Gasteiger charge is 2.16. The van der Waals surface area contributed by atoms with E-state index in [-0.39, 0.29) is 12.0 Å². The van der Waals surface area contributed by atoms with Crippen LogP contribution in [0, 0.1) is 6.92 Å². The van der Waals surface area contributed by atoms with Gasteiger partial charge in [-0.1, -0.05) is 0 Å². The predicted octanol–water partition coefficient (Wildman–Crippen LogP) is 4.28. The molecule has 0 aliphatic heterocycles.